The smallest absolute Gasteiger partial charge is 0.0363 e. The first-order valence-corrected chi connectivity index (χ1v) is 52.2. The first kappa shape index (κ1) is 107. The maximum Gasteiger partial charge on any atom is 0.0363 e. The van der Waals surface area contributed by atoms with Crippen molar-refractivity contribution in [3.8, 4) is 0 Å². The van der Waals surface area contributed by atoms with Gasteiger partial charge in [-0.15, -0.1) is 0 Å². The number of nitrogens with zero attached hydrogens (tertiary/aromatic N) is 1. The molecule has 0 aliphatic heterocycles. The lowest BCUT2D eigenvalue weighted by atomic mass is 10.0. The molecule has 2 heteroatoms. The van der Waals surface area contributed by atoms with Crippen molar-refractivity contribution >= 4 is 11.4 Å². The number of benzene rings is 3. The van der Waals surface area contributed by atoms with Gasteiger partial charge in [-0.05, 0) is 104 Å². The first-order chi connectivity index (χ1) is 55.5. The van der Waals surface area contributed by atoms with Crippen LogP contribution in [0.1, 0.15) is 577 Å². The lowest BCUT2D eigenvalue weighted by molar-refractivity contribution is 0.527. The van der Waals surface area contributed by atoms with Crippen LogP contribution in [0.2, 0.25) is 0 Å². The van der Waals surface area contributed by atoms with Gasteiger partial charge >= 0.3 is 0 Å². The molecule has 0 aromatic heterocycles. The fraction of sp³-hybridized carbons (Fsp3) is 0.836. The summed E-state index contributed by atoms with van der Waals surface area (Å²) in [4.78, 5) is 2.46. The van der Waals surface area contributed by atoms with Gasteiger partial charge in [0.1, 0.15) is 0 Å². The number of hydrogen-bond donors (Lipinski definition) is 1. The van der Waals surface area contributed by atoms with E-state index in [0.29, 0.717) is 0 Å². The highest BCUT2D eigenvalue weighted by molar-refractivity contribution is 5.47. The van der Waals surface area contributed by atoms with Gasteiger partial charge in [0.25, 0.3) is 0 Å². The zero-order valence-electron chi connectivity index (χ0n) is 77.8. The molecule has 0 fully saturated rings. The minimum atomic E-state index is 0.871. The van der Waals surface area contributed by atoms with Gasteiger partial charge in [0, 0.05) is 25.0 Å². The molecule has 0 radical (unpaired) electrons. The molecule has 0 spiro atoms. The number of unbranched alkanes of at least 4 members (excludes halogenated alkanes) is 76. The predicted octanol–water partition coefficient (Wildman–Crippen LogP) is 38.9. The van der Waals surface area contributed by atoms with Crippen LogP contribution in [0.5, 0.6) is 0 Å². The molecule has 0 amide bonds. The van der Waals surface area contributed by atoms with E-state index in [1.165, 1.54) is 569 Å². The first-order valence-electron chi connectivity index (χ1n) is 52.2. The topological polar surface area (TPSA) is 29.3 Å². The standard InChI is InChI=1S/C43H81N.C43H80.C24H43N/c1-4-6-8-10-12-14-16-18-20-22-24-26-28-30-32-34-36-42-37-39-43(40-38-42)44(3)41-35-33-31-29-27-25-23-21-19-17-15-13-11-9-7-5-2;1-3-5-7-9-11-13-15-17-19-21-23-25-27-29-31-33-35-37-43-40-38-42(39-41-43)36-34-32-30-28-26-24-22-20-18-16-14-12-10-8-6-4-2;1-2-3-4-5-6-7-8-9-10-11-12-13-14-15-16-17-18-23-19-21-24(25)22-20-23/h37-40H,4-36,41H2,1-3H3;38-41H,3-37H2,1-2H3;19-22H,2-18,25H2,1H3. The van der Waals surface area contributed by atoms with E-state index in [1.807, 2.05) is 12.1 Å². The summed E-state index contributed by atoms with van der Waals surface area (Å²) in [5.74, 6) is 0. The van der Waals surface area contributed by atoms with E-state index >= 15 is 0 Å². The van der Waals surface area contributed by atoms with Crippen LogP contribution in [0.4, 0.5) is 11.4 Å². The Morgan fingerprint density at radius 1 is 0.161 bits per heavy atom. The third-order valence-corrected chi connectivity index (χ3v) is 25.3. The monoisotopic (exact) mass is 1550 g/mol. The number of anilines is 2. The van der Waals surface area contributed by atoms with E-state index in [9.17, 15) is 0 Å². The molecule has 0 unspecified atom stereocenters. The van der Waals surface area contributed by atoms with Crippen molar-refractivity contribution in [3.05, 3.63) is 95.1 Å². The van der Waals surface area contributed by atoms with Gasteiger partial charge in [-0.2, -0.15) is 0 Å². The second-order valence-electron chi connectivity index (χ2n) is 36.5. The van der Waals surface area contributed by atoms with Crippen molar-refractivity contribution in [1.29, 1.82) is 0 Å². The number of aryl methyl sites for hydroxylation is 4. The van der Waals surface area contributed by atoms with Crippen LogP contribution in [0.3, 0.4) is 0 Å². The second kappa shape index (κ2) is 92.1. The molecule has 0 bridgehead atoms. The highest BCUT2D eigenvalue weighted by Gasteiger charge is 2.06. The Bertz CT molecular complexity index is 2160. The summed E-state index contributed by atoms with van der Waals surface area (Å²) in [6, 6.07) is 27.5. The average Bonchev–Trinajstić information content (AvgIpc) is 0.964. The second-order valence-corrected chi connectivity index (χ2v) is 36.5. The van der Waals surface area contributed by atoms with E-state index in [0.717, 1.165) is 5.69 Å². The van der Waals surface area contributed by atoms with Gasteiger partial charge in [-0.25, -0.2) is 0 Å². The molecule has 2 N–H and O–H groups in total. The average molecular weight is 1550 g/mol. The van der Waals surface area contributed by atoms with Crippen molar-refractivity contribution in [3.63, 3.8) is 0 Å². The zero-order chi connectivity index (χ0) is 80.3. The highest BCUT2D eigenvalue weighted by atomic mass is 15.1. The molecule has 0 saturated carbocycles. The van der Waals surface area contributed by atoms with Crippen molar-refractivity contribution in [2.24, 2.45) is 0 Å². The lowest BCUT2D eigenvalue weighted by Crippen LogP contribution is -2.18. The molecule has 0 atom stereocenters. The SMILES string of the molecule is CCCCCCCCCCCCCCCCCCCc1ccc(CCCCCCCCCCCCCCCCCC)cc1.CCCCCCCCCCCCCCCCCCc1ccc(N(C)CCCCCCCCCCCCCCCCCC)cc1.CCCCCCCCCCCCCCCCCCc1ccc(N)cc1. The van der Waals surface area contributed by atoms with Gasteiger partial charge < -0.3 is 10.6 Å². The van der Waals surface area contributed by atoms with Crippen LogP contribution in [0, 0.1) is 0 Å². The van der Waals surface area contributed by atoms with Gasteiger partial charge in [0.05, 0.1) is 0 Å². The zero-order valence-corrected chi connectivity index (χ0v) is 77.8. The summed E-state index contributed by atoms with van der Waals surface area (Å²) in [6.07, 6.45) is 122. The molecule has 0 aliphatic rings. The molecule has 2 nitrogen and oxygen atoms in total. The number of rotatable bonds is 87. The van der Waals surface area contributed by atoms with E-state index in [-0.39, 0.29) is 0 Å². The van der Waals surface area contributed by atoms with Crippen LogP contribution >= 0.6 is 0 Å². The Morgan fingerprint density at radius 3 is 0.446 bits per heavy atom. The summed E-state index contributed by atoms with van der Waals surface area (Å²) >= 11 is 0. The maximum absolute atomic E-state index is 5.72. The Kier molecular flexibility index (Phi) is 88.3. The molecule has 3 rings (SSSR count). The van der Waals surface area contributed by atoms with Crippen LogP contribution in [0.25, 0.3) is 0 Å². The maximum atomic E-state index is 5.72. The van der Waals surface area contributed by atoms with Crippen molar-refractivity contribution < 1.29 is 0 Å². The third kappa shape index (κ3) is 81.0. The van der Waals surface area contributed by atoms with E-state index < -0.39 is 0 Å². The number of nitrogens with two attached hydrogens (primary N) is 1. The molecule has 3 aromatic rings. The molecule has 654 valence electrons. The fourth-order valence-corrected chi connectivity index (χ4v) is 17.2. The molecule has 3 aromatic carbocycles. The van der Waals surface area contributed by atoms with Gasteiger partial charge in [0.2, 0.25) is 0 Å². The molecule has 0 aliphatic carbocycles. The molecule has 112 heavy (non-hydrogen) atoms. The fourth-order valence-electron chi connectivity index (χ4n) is 17.2. The van der Waals surface area contributed by atoms with Crippen molar-refractivity contribution in [1.82, 2.24) is 0 Å². The third-order valence-electron chi connectivity index (χ3n) is 25.3. The summed E-state index contributed by atoms with van der Waals surface area (Å²) in [7, 11) is 2.27. The van der Waals surface area contributed by atoms with E-state index in [1.54, 1.807) is 11.1 Å². The Balaban J connectivity index is 0.000000872. The largest absolute Gasteiger partial charge is 0.399 e. The predicted molar refractivity (Wildman–Crippen MR) is 514 cm³/mol. The van der Waals surface area contributed by atoms with Gasteiger partial charge in [0.15, 0.2) is 0 Å². The Hall–Kier alpha value is -2.74. The van der Waals surface area contributed by atoms with E-state index in [4.69, 9.17) is 5.73 Å². The highest BCUT2D eigenvalue weighted by Crippen LogP contribution is 2.24. The van der Waals surface area contributed by atoms with Gasteiger partial charge in [-0.1, -0.05) is 571 Å². The lowest BCUT2D eigenvalue weighted by Gasteiger charge is -2.19. The van der Waals surface area contributed by atoms with Crippen molar-refractivity contribution in [2.75, 3.05) is 24.2 Å². The molecule has 0 heterocycles. The molecule has 0 saturated heterocycles. The Labute approximate surface area is 706 Å². The Morgan fingerprint density at radius 2 is 0.286 bits per heavy atom. The number of nitrogen functional groups attached to an aromatic ring is 1. The van der Waals surface area contributed by atoms with Crippen molar-refractivity contribution in [2.45, 2.75) is 580 Å². The van der Waals surface area contributed by atoms with Crippen LogP contribution < -0.4 is 10.6 Å². The quantitative estimate of drug-likeness (QED) is 0.0451. The van der Waals surface area contributed by atoms with Crippen LogP contribution in [-0.4, -0.2) is 13.6 Å². The minimum absolute atomic E-state index is 0.871. The molecular formula is C110H204N2. The van der Waals surface area contributed by atoms with E-state index in [2.05, 4.69) is 107 Å². The summed E-state index contributed by atoms with van der Waals surface area (Å²) in [6.45, 7) is 12.7. The van der Waals surface area contributed by atoms with Crippen LogP contribution in [0.15, 0.2) is 72.8 Å². The van der Waals surface area contributed by atoms with Gasteiger partial charge in [-0.3, -0.25) is 0 Å². The summed E-state index contributed by atoms with van der Waals surface area (Å²) in [5.41, 5.74) is 14.0. The minimum Gasteiger partial charge on any atom is -0.399 e. The normalized spacial score (nSPS) is 11.4. The summed E-state index contributed by atoms with van der Waals surface area (Å²) in [5, 5.41) is 0. The summed E-state index contributed by atoms with van der Waals surface area (Å²) < 4.78 is 0. The number of hydrogen-bond acceptors (Lipinski definition) is 2. The van der Waals surface area contributed by atoms with Crippen LogP contribution in [-0.2, 0) is 25.7 Å². The molecular weight excluding hydrogens is 1350 g/mol.